The van der Waals surface area contributed by atoms with Gasteiger partial charge in [-0.25, -0.2) is 9.59 Å². The highest BCUT2D eigenvalue weighted by Crippen LogP contribution is 2.40. The molecule has 0 spiro atoms. The normalized spacial score (nSPS) is 10.7. The number of hydrogen-bond donors (Lipinski definition) is 2. The average Bonchev–Trinajstić information content (AvgIpc) is 3.13. The second kappa shape index (κ2) is 10.2. The molecule has 0 atom stereocenters. The minimum Gasteiger partial charge on any atom is -0.497 e. The van der Waals surface area contributed by atoms with Crippen LogP contribution in [-0.4, -0.2) is 32.8 Å². The van der Waals surface area contributed by atoms with E-state index in [2.05, 4.69) is 10.6 Å². The number of urea groups is 1. The van der Waals surface area contributed by atoms with Gasteiger partial charge in [-0.15, -0.1) is 11.3 Å². The third-order valence-electron chi connectivity index (χ3n) is 4.42. The Hall–Kier alpha value is -3.26. The number of methoxy groups -OCH3 is 2. The number of amides is 2. The maximum absolute atomic E-state index is 12.4. The fourth-order valence-corrected chi connectivity index (χ4v) is 3.96. The van der Waals surface area contributed by atoms with Gasteiger partial charge in [0.15, 0.2) is 10.6 Å². The summed E-state index contributed by atoms with van der Waals surface area (Å²) in [5, 5.41) is 6.42. The number of carbonyl (C=O) groups excluding carboxylic acids is 2. The molecule has 3 aromatic rings. The summed E-state index contributed by atoms with van der Waals surface area (Å²) in [6.07, 6.45) is 0. The third kappa shape index (κ3) is 5.67. The zero-order valence-corrected chi connectivity index (χ0v) is 18.8. The van der Waals surface area contributed by atoms with E-state index in [1.165, 1.54) is 18.4 Å². The molecule has 2 aromatic carbocycles. The van der Waals surface area contributed by atoms with Crippen molar-refractivity contribution in [3.05, 3.63) is 52.9 Å². The van der Waals surface area contributed by atoms with Crippen LogP contribution in [0.1, 0.15) is 29.1 Å². The topological polar surface area (TPSA) is 85.9 Å². The van der Waals surface area contributed by atoms with E-state index in [1.807, 2.05) is 44.2 Å². The lowest BCUT2D eigenvalue weighted by Gasteiger charge is -2.11. The van der Waals surface area contributed by atoms with Crippen molar-refractivity contribution in [2.75, 3.05) is 26.1 Å². The first kappa shape index (κ1) is 22.4. The summed E-state index contributed by atoms with van der Waals surface area (Å²) < 4.78 is 16.9. The van der Waals surface area contributed by atoms with Crippen LogP contribution in [0.25, 0.3) is 10.1 Å². The van der Waals surface area contributed by atoms with Crippen molar-refractivity contribution < 1.29 is 23.8 Å². The predicted molar refractivity (Wildman–Crippen MR) is 122 cm³/mol. The maximum atomic E-state index is 12.4. The van der Waals surface area contributed by atoms with Crippen molar-refractivity contribution in [2.45, 2.75) is 20.4 Å². The Bertz CT molecular complexity index is 1080. The van der Waals surface area contributed by atoms with Gasteiger partial charge in [-0.1, -0.05) is 26.0 Å². The number of ether oxygens (including phenoxy) is 3. The number of benzene rings is 2. The standard InChI is InChI=1S/C23H26N2O5S/c1-14(2)13-30-20-18-11-16(8-9-19(18)31-21(20)22(26)29-4)25-23(27)24-12-15-6-5-7-17(10-15)28-3/h5-11,14H,12-13H2,1-4H3,(H2,24,25,27). The summed E-state index contributed by atoms with van der Waals surface area (Å²) >= 11 is 1.31. The van der Waals surface area contributed by atoms with E-state index >= 15 is 0 Å². The number of esters is 1. The summed E-state index contributed by atoms with van der Waals surface area (Å²) in [6.45, 7) is 4.89. The van der Waals surface area contributed by atoms with Gasteiger partial charge in [0, 0.05) is 22.3 Å². The quantitative estimate of drug-likeness (QED) is 0.477. The second-order valence-corrected chi connectivity index (χ2v) is 8.38. The molecule has 1 aromatic heterocycles. The highest BCUT2D eigenvalue weighted by molar-refractivity contribution is 7.21. The summed E-state index contributed by atoms with van der Waals surface area (Å²) in [4.78, 5) is 25.0. The van der Waals surface area contributed by atoms with Crippen molar-refractivity contribution in [3.63, 3.8) is 0 Å². The van der Waals surface area contributed by atoms with Crippen LogP contribution in [0.15, 0.2) is 42.5 Å². The Morgan fingerprint density at radius 1 is 1.10 bits per heavy atom. The molecular weight excluding hydrogens is 416 g/mol. The SMILES string of the molecule is COC(=O)c1sc2ccc(NC(=O)NCc3cccc(OC)c3)cc2c1OCC(C)C. The molecule has 0 saturated carbocycles. The van der Waals surface area contributed by atoms with Gasteiger partial charge < -0.3 is 24.8 Å². The molecule has 0 fully saturated rings. The average molecular weight is 443 g/mol. The van der Waals surface area contributed by atoms with Crippen LogP contribution in [0.3, 0.4) is 0 Å². The fraction of sp³-hybridized carbons (Fsp3) is 0.304. The van der Waals surface area contributed by atoms with Crippen LogP contribution in [0.2, 0.25) is 0 Å². The number of hydrogen-bond acceptors (Lipinski definition) is 6. The van der Waals surface area contributed by atoms with E-state index in [9.17, 15) is 9.59 Å². The number of fused-ring (bicyclic) bond motifs is 1. The van der Waals surface area contributed by atoms with E-state index < -0.39 is 5.97 Å². The Morgan fingerprint density at radius 2 is 1.90 bits per heavy atom. The van der Waals surface area contributed by atoms with Gasteiger partial charge >= 0.3 is 12.0 Å². The molecular formula is C23H26N2O5S. The minimum atomic E-state index is -0.439. The largest absolute Gasteiger partial charge is 0.497 e. The molecule has 0 aliphatic rings. The summed E-state index contributed by atoms with van der Waals surface area (Å²) in [6, 6.07) is 12.6. The smallest absolute Gasteiger partial charge is 0.351 e. The molecule has 2 N–H and O–H groups in total. The maximum Gasteiger partial charge on any atom is 0.351 e. The van der Waals surface area contributed by atoms with Crippen LogP contribution in [-0.2, 0) is 11.3 Å². The van der Waals surface area contributed by atoms with Gasteiger partial charge in [-0.3, -0.25) is 0 Å². The summed E-state index contributed by atoms with van der Waals surface area (Å²) in [5.74, 6) is 1.08. The molecule has 2 amide bonds. The number of thiophene rings is 1. The van der Waals surface area contributed by atoms with E-state index in [4.69, 9.17) is 14.2 Å². The van der Waals surface area contributed by atoms with Crippen LogP contribution in [0, 0.1) is 5.92 Å². The Balaban J connectivity index is 1.76. The Morgan fingerprint density at radius 3 is 2.61 bits per heavy atom. The van der Waals surface area contributed by atoms with Crippen molar-refractivity contribution in [3.8, 4) is 11.5 Å². The Labute approximate surface area is 185 Å². The lowest BCUT2D eigenvalue weighted by atomic mass is 10.2. The van der Waals surface area contributed by atoms with Gasteiger partial charge in [0.25, 0.3) is 0 Å². The van der Waals surface area contributed by atoms with Crippen LogP contribution >= 0.6 is 11.3 Å². The van der Waals surface area contributed by atoms with E-state index in [0.717, 1.165) is 21.4 Å². The molecule has 164 valence electrons. The number of carbonyl (C=O) groups is 2. The molecule has 0 unspecified atom stereocenters. The first-order chi connectivity index (χ1) is 14.9. The lowest BCUT2D eigenvalue weighted by molar-refractivity contribution is 0.0601. The van der Waals surface area contributed by atoms with Crippen molar-refractivity contribution in [1.82, 2.24) is 5.32 Å². The lowest BCUT2D eigenvalue weighted by Crippen LogP contribution is -2.28. The van der Waals surface area contributed by atoms with Crippen molar-refractivity contribution in [2.24, 2.45) is 5.92 Å². The molecule has 31 heavy (non-hydrogen) atoms. The van der Waals surface area contributed by atoms with Gasteiger partial charge in [0.2, 0.25) is 0 Å². The molecule has 3 rings (SSSR count). The molecule has 0 aliphatic carbocycles. The van der Waals surface area contributed by atoms with Gasteiger partial charge in [0.1, 0.15) is 5.75 Å². The van der Waals surface area contributed by atoms with Gasteiger partial charge in [0.05, 0.1) is 20.8 Å². The Kier molecular flexibility index (Phi) is 7.36. The van der Waals surface area contributed by atoms with Crippen molar-refractivity contribution >= 4 is 39.1 Å². The first-order valence-corrected chi connectivity index (χ1v) is 10.7. The zero-order chi connectivity index (χ0) is 22.4. The second-order valence-electron chi connectivity index (χ2n) is 7.33. The third-order valence-corrected chi connectivity index (χ3v) is 5.55. The highest BCUT2D eigenvalue weighted by Gasteiger charge is 2.21. The predicted octanol–water partition coefficient (Wildman–Crippen LogP) is 5.05. The molecule has 0 bridgehead atoms. The van der Waals surface area contributed by atoms with E-state index in [0.29, 0.717) is 35.4 Å². The van der Waals surface area contributed by atoms with Gasteiger partial charge in [-0.05, 0) is 41.8 Å². The minimum absolute atomic E-state index is 0.296. The summed E-state index contributed by atoms with van der Waals surface area (Å²) in [7, 11) is 2.95. The molecule has 0 saturated heterocycles. The van der Waals surface area contributed by atoms with E-state index in [-0.39, 0.29) is 6.03 Å². The molecule has 0 radical (unpaired) electrons. The zero-order valence-electron chi connectivity index (χ0n) is 18.0. The van der Waals surface area contributed by atoms with E-state index in [1.54, 1.807) is 19.2 Å². The highest BCUT2D eigenvalue weighted by atomic mass is 32.1. The van der Waals surface area contributed by atoms with Crippen LogP contribution in [0.4, 0.5) is 10.5 Å². The molecule has 1 heterocycles. The number of anilines is 1. The summed E-state index contributed by atoms with van der Waals surface area (Å²) in [5.41, 5.74) is 1.52. The van der Waals surface area contributed by atoms with Crippen molar-refractivity contribution in [1.29, 1.82) is 0 Å². The van der Waals surface area contributed by atoms with Crippen LogP contribution < -0.4 is 20.1 Å². The molecule has 7 nitrogen and oxygen atoms in total. The number of nitrogens with one attached hydrogen (secondary N) is 2. The van der Waals surface area contributed by atoms with Gasteiger partial charge in [-0.2, -0.15) is 0 Å². The molecule has 8 heteroatoms. The first-order valence-electron chi connectivity index (χ1n) is 9.86. The molecule has 0 aliphatic heterocycles. The monoisotopic (exact) mass is 442 g/mol. The fourth-order valence-electron chi connectivity index (χ4n) is 2.91. The van der Waals surface area contributed by atoms with Crippen LogP contribution in [0.5, 0.6) is 11.5 Å². The number of rotatable bonds is 8.